The van der Waals surface area contributed by atoms with Gasteiger partial charge in [-0.3, -0.25) is 9.88 Å². The number of rotatable bonds is 4. The molecule has 0 radical (unpaired) electrons. The van der Waals surface area contributed by atoms with Gasteiger partial charge in [0.05, 0.1) is 6.10 Å². The average molecular weight is 246 g/mol. The maximum atomic E-state index is 10.3. The molecule has 3 heteroatoms. The zero-order chi connectivity index (χ0) is 12.4. The van der Waals surface area contributed by atoms with E-state index in [0.717, 1.165) is 19.3 Å². The van der Waals surface area contributed by atoms with Crippen molar-refractivity contribution in [3.8, 4) is 0 Å². The van der Waals surface area contributed by atoms with Gasteiger partial charge in [-0.25, -0.2) is 0 Å². The minimum atomic E-state index is -0.0820. The Bertz CT molecular complexity index is 371. The normalized spacial score (nSPS) is 34.7. The molecule has 4 heterocycles. The highest BCUT2D eigenvalue weighted by Gasteiger charge is 2.40. The lowest BCUT2D eigenvalue weighted by Gasteiger charge is -2.49. The highest BCUT2D eigenvalue weighted by atomic mass is 16.3. The van der Waals surface area contributed by atoms with E-state index in [4.69, 9.17) is 0 Å². The Balaban J connectivity index is 1.51. The molecule has 1 aromatic heterocycles. The summed E-state index contributed by atoms with van der Waals surface area (Å²) in [5.74, 6) is 0.568. The second-order valence-electron chi connectivity index (χ2n) is 5.68. The van der Waals surface area contributed by atoms with Gasteiger partial charge in [-0.15, -0.1) is 0 Å². The summed E-state index contributed by atoms with van der Waals surface area (Å²) in [6, 6.07) is 4.54. The number of aliphatic hydroxyl groups excluding tert-OH is 1. The molecule has 18 heavy (non-hydrogen) atoms. The lowest BCUT2D eigenvalue weighted by atomic mass is 9.79. The molecule has 1 N–H and O–H groups in total. The zero-order valence-corrected chi connectivity index (χ0v) is 10.8. The summed E-state index contributed by atoms with van der Waals surface area (Å²) in [5, 5.41) is 10.3. The van der Waals surface area contributed by atoms with Crippen LogP contribution in [0, 0.1) is 5.92 Å². The number of hydrogen-bond acceptors (Lipinski definition) is 3. The Morgan fingerprint density at radius 1 is 1.33 bits per heavy atom. The van der Waals surface area contributed by atoms with E-state index in [9.17, 15) is 5.11 Å². The lowest BCUT2D eigenvalue weighted by molar-refractivity contribution is -0.0751. The van der Waals surface area contributed by atoms with E-state index in [-0.39, 0.29) is 6.10 Å². The number of aromatic nitrogens is 1. The molecule has 3 nitrogen and oxygen atoms in total. The van der Waals surface area contributed by atoms with Gasteiger partial charge in [0, 0.05) is 18.4 Å². The van der Waals surface area contributed by atoms with Crippen LogP contribution in [0.3, 0.4) is 0 Å². The highest BCUT2D eigenvalue weighted by Crippen LogP contribution is 2.34. The molecule has 0 amide bonds. The first-order valence-corrected chi connectivity index (χ1v) is 7.15. The van der Waals surface area contributed by atoms with Crippen LogP contribution < -0.4 is 0 Å². The summed E-state index contributed by atoms with van der Waals surface area (Å²) < 4.78 is 0. The van der Waals surface area contributed by atoms with Gasteiger partial charge < -0.3 is 5.11 Å². The number of aryl methyl sites for hydroxylation is 1. The van der Waals surface area contributed by atoms with Crippen LogP contribution in [0.1, 0.15) is 31.2 Å². The third kappa shape index (κ3) is 2.43. The van der Waals surface area contributed by atoms with Crippen molar-refractivity contribution >= 4 is 0 Å². The predicted molar refractivity (Wildman–Crippen MR) is 71.3 cm³/mol. The number of pyridine rings is 1. The zero-order valence-electron chi connectivity index (χ0n) is 10.8. The second-order valence-corrected chi connectivity index (χ2v) is 5.68. The molecule has 2 atom stereocenters. The molecule has 1 aromatic rings. The number of aliphatic hydroxyl groups is 1. The van der Waals surface area contributed by atoms with E-state index in [1.807, 2.05) is 18.5 Å². The van der Waals surface area contributed by atoms with E-state index in [0.29, 0.717) is 12.0 Å². The molecule has 0 spiro atoms. The van der Waals surface area contributed by atoms with Gasteiger partial charge in [0.2, 0.25) is 0 Å². The van der Waals surface area contributed by atoms with Crippen molar-refractivity contribution in [3.05, 3.63) is 30.1 Å². The number of fused-ring (bicyclic) bond motifs is 3. The molecule has 0 aromatic carbocycles. The van der Waals surface area contributed by atoms with Crippen molar-refractivity contribution < 1.29 is 5.11 Å². The first-order valence-electron chi connectivity index (χ1n) is 7.15. The van der Waals surface area contributed by atoms with Crippen LogP contribution in [-0.4, -0.2) is 40.2 Å². The molecule has 3 aliphatic rings. The van der Waals surface area contributed by atoms with Crippen molar-refractivity contribution in [1.29, 1.82) is 0 Å². The Morgan fingerprint density at radius 3 is 2.83 bits per heavy atom. The van der Waals surface area contributed by atoms with Crippen LogP contribution in [0.25, 0.3) is 0 Å². The maximum Gasteiger partial charge on any atom is 0.0724 e. The van der Waals surface area contributed by atoms with Crippen molar-refractivity contribution in [2.24, 2.45) is 5.92 Å². The number of nitrogens with zero attached hydrogens (tertiary/aromatic N) is 2. The highest BCUT2D eigenvalue weighted by molar-refractivity contribution is 5.08. The average Bonchev–Trinajstić information content (AvgIpc) is 2.44. The molecule has 3 saturated heterocycles. The van der Waals surface area contributed by atoms with Crippen LogP contribution in [0.2, 0.25) is 0 Å². The van der Waals surface area contributed by atoms with E-state index >= 15 is 0 Å². The molecule has 98 valence electrons. The summed E-state index contributed by atoms with van der Waals surface area (Å²) in [4.78, 5) is 6.64. The van der Waals surface area contributed by atoms with Gasteiger partial charge in [0.25, 0.3) is 0 Å². The quantitative estimate of drug-likeness (QED) is 0.881. The fourth-order valence-electron chi connectivity index (χ4n) is 3.54. The lowest BCUT2D eigenvalue weighted by Crippen LogP contribution is -2.57. The summed E-state index contributed by atoms with van der Waals surface area (Å²) in [5.41, 5.74) is 1.31. The van der Waals surface area contributed by atoms with Crippen LogP contribution in [-0.2, 0) is 6.42 Å². The van der Waals surface area contributed by atoms with Gasteiger partial charge in [-0.2, -0.15) is 0 Å². The van der Waals surface area contributed by atoms with Crippen LogP contribution >= 0.6 is 0 Å². The molecule has 0 aliphatic carbocycles. The van der Waals surface area contributed by atoms with Gasteiger partial charge in [0.15, 0.2) is 0 Å². The molecule has 2 bridgehead atoms. The largest absolute Gasteiger partial charge is 0.391 e. The first-order chi connectivity index (χ1) is 8.84. The fourth-order valence-corrected chi connectivity index (χ4v) is 3.54. The van der Waals surface area contributed by atoms with Crippen molar-refractivity contribution in [2.45, 2.75) is 44.2 Å². The van der Waals surface area contributed by atoms with Crippen LogP contribution in [0.15, 0.2) is 24.5 Å². The Morgan fingerprint density at radius 2 is 2.17 bits per heavy atom. The number of piperidine rings is 3. The SMILES string of the molecule is OC1C2CCN(CC2)C1CCCc1cccnc1. The Kier molecular flexibility index (Phi) is 3.62. The summed E-state index contributed by atoms with van der Waals surface area (Å²) >= 11 is 0. The van der Waals surface area contributed by atoms with Crippen LogP contribution in [0.4, 0.5) is 0 Å². The molecular weight excluding hydrogens is 224 g/mol. The monoisotopic (exact) mass is 246 g/mol. The maximum absolute atomic E-state index is 10.3. The van der Waals surface area contributed by atoms with Crippen molar-refractivity contribution in [2.75, 3.05) is 13.1 Å². The third-order valence-corrected chi connectivity index (χ3v) is 4.61. The van der Waals surface area contributed by atoms with E-state index in [1.165, 1.54) is 31.5 Å². The van der Waals surface area contributed by atoms with Gasteiger partial charge in [-0.1, -0.05) is 6.07 Å². The molecular formula is C15H22N2O. The molecule has 2 unspecified atom stereocenters. The molecule has 3 fully saturated rings. The standard InChI is InChI=1S/C15H22N2O/c18-15-13-6-9-17(10-7-13)14(15)5-1-3-12-4-2-8-16-11-12/h2,4,8,11,13-15,18H,1,3,5-7,9-10H2. The predicted octanol–water partition coefficient (Wildman–Crippen LogP) is 1.86. The summed E-state index contributed by atoms with van der Waals surface area (Å²) in [7, 11) is 0. The van der Waals surface area contributed by atoms with Crippen molar-refractivity contribution in [1.82, 2.24) is 9.88 Å². The van der Waals surface area contributed by atoms with Crippen LogP contribution in [0.5, 0.6) is 0 Å². The van der Waals surface area contributed by atoms with Gasteiger partial charge in [-0.05, 0) is 62.7 Å². The molecule has 0 saturated carbocycles. The Hall–Kier alpha value is -0.930. The van der Waals surface area contributed by atoms with E-state index in [2.05, 4.69) is 16.0 Å². The third-order valence-electron chi connectivity index (χ3n) is 4.61. The molecule has 4 rings (SSSR count). The van der Waals surface area contributed by atoms with Crippen molar-refractivity contribution in [3.63, 3.8) is 0 Å². The van der Waals surface area contributed by atoms with Gasteiger partial charge >= 0.3 is 0 Å². The molecule has 3 aliphatic heterocycles. The van der Waals surface area contributed by atoms with E-state index in [1.54, 1.807) is 0 Å². The minimum Gasteiger partial charge on any atom is -0.391 e. The smallest absolute Gasteiger partial charge is 0.0724 e. The topological polar surface area (TPSA) is 36.4 Å². The van der Waals surface area contributed by atoms with E-state index < -0.39 is 0 Å². The summed E-state index contributed by atoms with van der Waals surface area (Å²) in [6.45, 7) is 2.39. The second kappa shape index (κ2) is 5.37. The first kappa shape index (κ1) is 12.1. The number of hydrogen-bond donors (Lipinski definition) is 1. The minimum absolute atomic E-state index is 0.0820. The summed E-state index contributed by atoms with van der Waals surface area (Å²) in [6.07, 6.45) is 9.42. The fraction of sp³-hybridized carbons (Fsp3) is 0.667. The Labute approximate surface area is 109 Å². The van der Waals surface area contributed by atoms with Gasteiger partial charge in [0.1, 0.15) is 0 Å².